The maximum Gasteiger partial charge on any atom is 0.143 e. The fourth-order valence-corrected chi connectivity index (χ4v) is 4.21. The van der Waals surface area contributed by atoms with Crippen LogP contribution in [0.4, 0.5) is 5.69 Å². The first-order valence-electron chi connectivity index (χ1n) is 9.77. The van der Waals surface area contributed by atoms with Crippen molar-refractivity contribution in [3.63, 3.8) is 0 Å². The van der Waals surface area contributed by atoms with E-state index < -0.39 is 8.07 Å². The lowest BCUT2D eigenvalue weighted by molar-refractivity contribution is 0.0899. The van der Waals surface area contributed by atoms with E-state index in [4.69, 9.17) is 4.74 Å². The predicted molar refractivity (Wildman–Crippen MR) is 110 cm³/mol. The Kier molecular flexibility index (Phi) is 6.20. The molecule has 1 saturated carbocycles. The number of ether oxygens (including phenoxy) is 1. The van der Waals surface area contributed by atoms with Crippen molar-refractivity contribution in [2.45, 2.75) is 70.2 Å². The molecular weight excluding hydrogens is 356 g/mol. The molecule has 0 bridgehead atoms. The molecule has 0 spiro atoms. The number of nitrogens with zero attached hydrogens (tertiary/aromatic N) is 3. The van der Waals surface area contributed by atoms with Crippen molar-refractivity contribution >= 4 is 24.8 Å². The minimum Gasteiger partial charge on any atom is -0.393 e. The van der Waals surface area contributed by atoms with Crippen LogP contribution in [0.5, 0.6) is 0 Å². The topological polar surface area (TPSA) is 83.1 Å². The van der Waals surface area contributed by atoms with Gasteiger partial charge in [0.15, 0.2) is 0 Å². The van der Waals surface area contributed by atoms with E-state index in [1.54, 1.807) is 6.20 Å². The average Bonchev–Trinajstić information content (AvgIpc) is 3.03. The number of aliphatic hydroxyl groups excluding tert-OH is 1. The summed E-state index contributed by atoms with van der Waals surface area (Å²) in [6.45, 7) is 8.26. The van der Waals surface area contributed by atoms with E-state index in [0.29, 0.717) is 12.3 Å². The quantitative estimate of drug-likeness (QED) is 0.556. The third-order valence-electron chi connectivity index (χ3n) is 5.18. The number of hydrogen-bond acceptors (Lipinski definition) is 5. The first-order valence-corrected chi connectivity index (χ1v) is 13.5. The summed E-state index contributed by atoms with van der Waals surface area (Å²) < 4.78 is 7.86. The number of rotatable bonds is 7. The van der Waals surface area contributed by atoms with Crippen LogP contribution in [0.15, 0.2) is 18.5 Å². The molecule has 2 aromatic rings. The normalized spacial score (nSPS) is 20.6. The summed E-state index contributed by atoms with van der Waals surface area (Å²) >= 11 is 0. The molecule has 146 valence electrons. The second-order valence-electron chi connectivity index (χ2n) is 8.68. The van der Waals surface area contributed by atoms with Gasteiger partial charge in [0, 0.05) is 38.5 Å². The molecule has 0 aliphatic heterocycles. The van der Waals surface area contributed by atoms with Crippen LogP contribution in [0.25, 0.3) is 11.0 Å². The predicted octanol–water partition coefficient (Wildman–Crippen LogP) is 3.94. The van der Waals surface area contributed by atoms with Gasteiger partial charge in [-0.2, -0.15) is 5.26 Å². The highest BCUT2D eigenvalue weighted by Crippen LogP contribution is 2.30. The summed E-state index contributed by atoms with van der Waals surface area (Å²) in [6.07, 6.45) is 6.86. The van der Waals surface area contributed by atoms with Crippen LogP contribution in [-0.4, -0.2) is 41.5 Å². The highest BCUT2D eigenvalue weighted by molar-refractivity contribution is 6.76. The number of pyridine rings is 1. The average molecular weight is 387 g/mol. The van der Waals surface area contributed by atoms with Crippen LogP contribution in [0.3, 0.4) is 0 Å². The fourth-order valence-electron chi connectivity index (χ4n) is 3.45. The summed E-state index contributed by atoms with van der Waals surface area (Å²) in [6, 6.07) is 5.68. The smallest absolute Gasteiger partial charge is 0.143 e. The van der Waals surface area contributed by atoms with Gasteiger partial charge in [-0.15, -0.1) is 0 Å². The number of nitriles is 1. The zero-order chi connectivity index (χ0) is 19.4. The number of fused-ring (bicyclic) bond motifs is 1. The maximum absolute atomic E-state index is 9.72. The Labute approximate surface area is 162 Å². The molecular formula is C20H30N4O2Si. The number of anilines is 1. The second kappa shape index (κ2) is 8.42. The third kappa shape index (κ3) is 5.10. The lowest BCUT2D eigenvalue weighted by atomic mass is 9.92. The van der Waals surface area contributed by atoms with Gasteiger partial charge in [0.05, 0.1) is 17.4 Å². The van der Waals surface area contributed by atoms with E-state index in [-0.39, 0.29) is 12.1 Å². The molecule has 0 aromatic carbocycles. The lowest BCUT2D eigenvalue weighted by Crippen LogP contribution is -2.28. The van der Waals surface area contributed by atoms with Gasteiger partial charge in [-0.3, -0.25) is 0 Å². The van der Waals surface area contributed by atoms with Gasteiger partial charge in [0.1, 0.15) is 18.4 Å². The van der Waals surface area contributed by atoms with Gasteiger partial charge < -0.3 is 19.7 Å². The van der Waals surface area contributed by atoms with Crippen molar-refractivity contribution in [1.29, 1.82) is 5.26 Å². The lowest BCUT2D eigenvalue weighted by Gasteiger charge is -2.27. The molecule has 1 fully saturated rings. The van der Waals surface area contributed by atoms with Gasteiger partial charge in [-0.05, 0) is 37.8 Å². The minimum atomic E-state index is -1.10. The van der Waals surface area contributed by atoms with Gasteiger partial charge >= 0.3 is 0 Å². The highest BCUT2D eigenvalue weighted by Gasteiger charge is 2.22. The van der Waals surface area contributed by atoms with Crippen molar-refractivity contribution in [2.75, 3.05) is 11.9 Å². The molecule has 2 heterocycles. The first-order chi connectivity index (χ1) is 12.9. The molecule has 3 rings (SSSR count). The van der Waals surface area contributed by atoms with Crippen LogP contribution < -0.4 is 5.32 Å². The van der Waals surface area contributed by atoms with Crippen LogP contribution in [0.1, 0.15) is 31.2 Å². The zero-order valence-electron chi connectivity index (χ0n) is 16.5. The third-order valence-corrected chi connectivity index (χ3v) is 6.89. The second-order valence-corrected chi connectivity index (χ2v) is 14.3. The molecule has 0 atom stereocenters. The monoisotopic (exact) mass is 386 g/mol. The Balaban J connectivity index is 1.75. The number of hydrogen-bond donors (Lipinski definition) is 2. The van der Waals surface area contributed by atoms with E-state index in [0.717, 1.165) is 55.1 Å². The molecule has 7 heteroatoms. The molecule has 0 amide bonds. The Morgan fingerprint density at radius 3 is 2.74 bits per heavy atom. The molecule has 0 radical (unpaired) electrons. The number of nitrogens with one attached hydrogen (secondary N) is 1. The molecule has 1 aliphatic rings. The number of aliphatic hydroxyl groups is 1. The summed E-state index contributed by atoms with van der Waals surface area (Å²) in [5, 5.41) is 23.7. The van der Waals surface area contributed by atoms with Crippen LogP contribution in [0, 0.1) is 11.3 Å². The summed E-state index contributed by atoms with van der Waals surface area (Å²) in [7, 11) is -1.10. The number of aromatic nitrogens is 2. The molecule has 0 unspecified atom stereocenters. The highest BCUT2D eigenvalue weighted by atomic mass is 28.3. The van der Waals surface area contributed by atoms with Crippen LogP contribution in [0.2, 0.25) is 25.7 Å². The SMILES string of the molecule is C[Si](C)(C)CCOCn1ccc2c(N[C@H]3CC[C@H](O)CC3)c(C#N)cnc21. The van der Waals surface area contributed by atoms with Gasteiger partial charge in [-0.1, -0.05) is 19.6 Å². The molecule has 0 saturated heterocycles. The Bertz CT molecular complexity index is 814. The van der Waals surface area contributed by atoms with Gasteiger partial charge in [0.25, 0.3) is 0 Å². The van der Waals surface area contributed by atoms with Crippen molar-refractivity contribution in [1.82, 2.24) is 9.55 Å². The van der Waals surface area contributed by atoms with Crippen LogP contribution >= 0.6 is 0 Å². The fraction of sp³-hybridized carbons (Fsp3) is 0.600. The van der Waals surface area contributed by atoms with Crippen LogP contribution in [-0.2, 0) is 11.5 Å². The molecule has 1 aliphatic carbocycles. The van der Waals surface area contributed by atoms with Crippen molar-refractivity contribution in [2.24, 2.45) is 0 Å². The van der Waals surface area contributed by atoms with E-state index >= 15 is 0 Å². The van der Waals surface area contributed by atoms with E-state index in [9.17, 15) is 10.4 Å². The summed E-state index contributed by atoms with van der Waals surface area (Å²) in [5.74, 6) is 0. The standard InChI is InChI=1S/C20H30N4O2Si/c1-27(2,3)11-10-26-14-24-9-8-18-19(15(12-21)13-22-20(18)24)23-16-4-6-17(25)7-5-16/h8-9,13,16-17,25H,4-7,10-11,14H2,1-3H3,(H,22,23)/t16-,17-. The zero-order valence-corrected chi connectivity index (χ0v) is 17.5. The van der Waals surface area contributed by atoms with E-state index in [1.807, 2.05) is 16.8 Å². The molecule has 6 nitrogen and oxygen atoms in total. The summed E-state index contributed by atoms with van der Waals surface area (Å²) in [4.78, 5) is 4.49. The Morgan fingerprint density at radius 1 is 1.33 bits per heavy atom. The van der Waals surface area contributed by atoms with Gasteiger partial charge in [0.2, 0.25) is 0 Å². The van der Waals surface area contributed by atoms with E-state index in [1.165, 1.54) is 0 Å². The summed E-state index contributed by atoms with van der Waals surface area (Å²) in [5.41, 5.74) is 2.25. The first kappa shape index (κ1) is 19.9. The molecule has 2 aromatic heterocycles. The minimum absolute atomic E-state index is 0.190. The maximum atomic E-state index is 9.72. The Hall–Kier alpha value is -1.88. The van der Waals surface area contributed by atoms with Crippen molar-refractivity contribution in [3.05, 3.63) is 24.0 Å². The van der Waals surface area contributed by atoms with Crippen molar-refractivity contribution < 1.29 is 9.84 Å². The molecule has 27 heavy (non-hydrogen) atoms. The van der Waals surface area contributed by atoms with E-state index in [2.05, 4.69) is 36.0 Å². The van der Waals surface area contributed by atoms with Crippen molar-refractivity contribution in [3.8, 4) is 6.07 Å². The largest absolute Gasteiger partial charge is 0.393 e. The molecule has 2 N–H and O–H groups in total. The Morgan fingerprint density at radius 2 is 2.07 bits per heavy atom. The van der Waals surface area contributed by atoms with Gasteiger partial charge in [-0.25, -0.2) is 4.98 Å².